The average Bonchev–Trinajstić information content (AvgIpc) is 3.08. The fourth-order valence-electron chi connectivity index (χ4n) is 5.39. The number of nitrogens with one attached hydrogen (secondary N) is 1. The molecule has 0 unspecified atom stereocenters. The van der Waals surface area contributed by atoms with Crippen LogP contribution in [0.25, 0.3) is 0 Å². The number of hydrogen-bond donors (Lipinski definition) is 1. The van der Waals surface area contributed by atoms with E-state index in [1.165, 1.54) is 23.8 Å². The number of carbonyl (C=O) groups excluding carboxylic acids is 1. The number of fused-ring (bicyclic) bond motifs is 1. The van der Waals surface area contributed by atoms with Crippen LogP contribution in [-0.2, 0) is 22.5 Å². The molecule has 1 aromatic rings. The zero-order valence-electron chi connectivity index (χ0n) is 22.8. The van der Waals surface area contributed by atoms with Crippen LogP contribution >= 0.6 is 0 Å². The Hall–Kier alpha value is -1.89. The maximum absolute atomic E-state index is 12.9. The summed E-state index contributed by atoms with van der Waals surface area (Å²) in [5, 5.41) is 12.7. The number of aromatic nitrogens is 2. The van der Waals surface area contributed by atoms with E-state index in [1.54, 1.807) is 0 Å². The Bertz CT molecular complexity index is 1040. The molecule has 36 heavy (non-hydrogen) atoms. The molecule has 1 aromatic heterocycles. The predicted molar refractivity (Wildman–Crippen MR) is 140 cm³/mol. The maximum atomic E-state index is 12.9. The van der Waals surface area contributed by atoms with E-state index < -0.39 is 47.2 Å². The lowest BCUT2D eigenvalue weighted by Crippen LogP contribution is -2.65. The van der Waals surface area contributed by atoms with E-state index in [1.807, 2.05) is 0 Å². The van der Waals surface area contributed by atoms with Crippen LogP contribution in [0.3, 0.4) is 0 Å². The highest BCUT2D eigenvalue weighted by atomic mass is 28.5. The highest BCUT2D eigenvalue weighted by Crippen LogP contribution is 2.49. The standard InChI is InChI=1S/C24H40N4O6Si2/c1-14(2)35(15(3)4)31-13-20-22(33-36(34-35,16(5)6)17(7)8)19(12-25)23(32-20)28-11-10-21(26-18(9)29)27-24(28)30/h10-11,14-17,19-20,22-23H,13H2,1-9H3,(H,26,27,29,30)/t19-,20+,22-,23+/m0/s1. The van der Waals surface area contributed by atoms with E-state index in [-0.39, 0.29) is 40.5 Å². The van der Waals surface area contributed by atoms with E-state index >= 15 is 0 Å². The maximum Gasteiger partial charge on any atom is 0.351 e. The summed E-state index contributed by atoms with van der Waals surface area (Å²) in [6, 6.07) is 3.84. The van der Waals surface area contributed by atoms with Gasteiger partial charge in [0, 0.05) is 13.1 Å². The number of nitrogens with zero attached hydrogens (tertiary/aromatic N) is 3. The van der Waals surface area contributed by atoms with Crippen molar-refractivity contribution in [1.82, 2.24) is 9.55 Å². The van der Waals surface area contributed by atoms with Gasteiger partial charge in [0.15, 0.2) is 6.23 Å². The molecule has 3 rings (SSSR count). The van der Waals surface area contributed by atoms with E-state index in [4.69, 9.17) is 17.7 Å². The van der Waals surface area contributed by atoms with Gasteiger partial charge in [-0.15, -0.1) is 0 Å². The molecular formula is C24H40N4O6Si2. The summed E-state index contributed by atoms with van der Waals surface area (Å²) >= 11 is 0. The van der Waals surface area contributed by atoms with Crippen molar-refractivity contribution in [3.63, 3.8) is 0 Å². The Morgan fingerprint density at radius 2 is 1.69 bits per heavy atom. The second kappa shape index (κ2) is 10.8. The number of anilines is 1. The lowest BCUT2D eigenvalue weighted by atomic mass is 10.0. The van der Waals surface area contributed by atoms with Crippen molar-refractivity contribution < 1.29 is 22.5 Å². The van der Waals surface area contributed by atoms with Crippen LogP contribution in [0.4, 0.5) is 5.82 Å². The SMILES string of the molecule is CC(=O)Nc1ccn([C@@H]2O[C@@H]3CO[Si](C(C)C)(C(C)C)O[Si](C(C)C)(C(C)C)O[C@H]3[C@@H]2C#N)c(=O)n1. The quantitative estimate of drug-likeness (QED) is 0.537. The topological polar surface area (TPSA) is 125 Å². The minimum absolute atomic E-state index is 0.101. The van der Waals surface area contributed by atoms with E-state index in [9.17, 15) is 14.9 Å². The van der Waals surface area contributed by atoms with Crippen LogP contribution in [0.1, 0.15) is 68.5 Å². The zero-order chi connectivity index (χ0) is 27.0. The third-order valence-corrected chi connectivity index (χ3v) is 17.5. The monoisotopic (exact) mass is 536 g/mol. The highest BCUT2D eigenvalue weighted by molar-refractivity contribution is 6.83. The van der Waals surface area contributed by atoms with Crippen molar-refractivity contribution >= 4 is 28.8 Å². The lowest BCUT2D eigenvalue weighted by Gasteiger charge is -2.51. The third kappa shape index (κ3) is 5.09. The molecule has 12 heteroatoms. The molecule has 10 nitrogen and oxygen atoms in total. The summed E-state index contributed by atoms with van der Waals surface area (Å²) in [6.45, 7) is 18.6. The third-order valence-electron chi connectivity index (χ3n) is 7.23. The summed E-state index contributed by atoms with van der Waals surface area (Å²) in [5.74, 6) is -0.961. The Labute approximate surface area is 215 Å². The molecule has 0 bridgehead atoms. The van der Waals surface area contributed by atoms with Crippen LogP contribution in [0.5, 0.6) is 0 Å². The zero-order valence-corrected chi connectivity index (χ0v) is 24.8. The second-order valence-corrected chi connectivity index (χ2v) is 19.8. The van der Waals surface area contributed by atoms with E-state index in [2.05, 4.69) is 71.8 Å². The Morgan fingerprint density at radius 3 is 2.17 bits per heavy atom. The molecule has 0 saturated carbocycles. The average molecular weight is 537 g/mol. The van der Waals surface area contributed by atoms with Crippen LogP contribution in [0.15, 0.2) is 17.1 Å². The van der Waals surface area contributed by atoms with E-state index in [0.717, 1.165) is 0 Å². The fraction of sp³-hybridized carbons (Fsp3) is 0.750. The molecule has 0 radical (unpaired) electrons. The van der Waals surface area contributed by atoms with Gasteiger partial charge in [-0.1, -0.05) is 55.4 Å². The Kier molecular flexibility index (Phi) is 8.64. The molecule has 1 N–H and O–H groups in total. The van der Waals surface area contributed by atoms with Gasteiger partial charge in [-0.2, -0.15) is 10.2 Å². The molecule has 1 amide bonds. The second-order valence-electron chi connectivity index (χ2n) is 11.0. The molecule has 0 aliphatic carbocycles. The smallest absolute Gasteiger partial charge is 0.351 e. The van der Waals surface area contributed by atoms with Gasteiger partial charge in [0.1, 0.15) is 17.8 Å². The summed E-state index contributed by atoms with van der Waals surface area (Å²) < 4.78 is 28.5. The van der Waals surface area contributed by atoms with E-state index in [0.29, 0.717) is 0 Å². The van der Waals surface area contributed by atoms with Crippen molar-refractivity contribution in [3.8, 4) is 6.07 Å². The number of hydrogen-bond acceptors (Lipinski definition) is 8. The van der Waals surface area contributed by atoms with Gasteiger partial charge in [-0.3, -0.25) is 9.36 Å². The van der Waals surface area contributed by atoms with Crippen LogP contribution in [0.2, 0.25) is 22.2 Å². The van der Waals surface area contributed by atoms with Gasteiger partial charge in [0.25, 0.3) is 0 Å². The summed E-state index contributed by atoms with van der Waals surface area (Å²) in [7, 11) is -5.70. The largest absolute Gasteiger partial charge is 0.414 e. The van der Waals surface area contributed by atoms with Gasteiger partial charge < -0.3 is 23.0 Å². The van der Waals surface area contributed by atoms with Crippen molar-refractivity contribution in [1.29, 1.82) is 5.26 Å². The van der Waals surface area contributed by atoms with Crippen LogP contribution in [-0.4, -0.2) is 51.4 Å². The number of rotatable bonds is 6. The molecule has 2 fully saturated rings. The van der Waals surface area contributed by atoms with Crippen molar-refractivity contribution in [2.24, 2.45) is 5.92 Å². The van der Waals surface area contributed by atoms with Crippen molar-refractivity contribution in [2.75, 3.05) is 11.9 Å². The molecule has 2 aliphatic rings. The summed E-state index contributed by atoms with van der Waals surface area (Å²) in [4.78, 5) is 28.2. The first-order valence-electron chi connectivity index (χ1n) is 12.7. The number of nitriles is 1. The molecule has 4 atom stereocenters. The first-order valence-corrected chi connectivity index (χ1v) is 16.7. The van der Waals surface area contributed by atoms with Gasteiger partial charge in [-0.25, -0.2) is 4.79 Å². The van der Waals surface area contributed by atoms with Gasteiger partial charge >= 0.3 is 22.8 Å². The Balaban J connectivity index is 2.08. The fourth-order valence-corrected chi connectivity index (χ4v) is 16.6. The summed E-state index contributed by atoms with van der Waals surface area (Å²) in [5.41, 5.74) is -0.0617. The minimum atomic E-state index is -2.94. The molecule has 200 valence electrons. The van der Waals surface area contributed by atoms with Crippen LogP contribution in [0, 0.1) is 17.2 Å². The Morgan fingerprint density at radius 1 is 1.11 bits per heavy atom. The summed E-state index contributed by atoms with van der Waals surface area (Å²) in [6.07, 6.45) is -0.578. The molecule has 2 aliphatic heterocycles. The van der Waals surface area contributed by atoms with Crippen molar-refractivity contribution in [3.05, 3.63) is 22.7 Å². The molecule has 0 spiro atoms. The number of amides is 1. The van der Waals surface area contributed by atoms with Gasteiger partial charge in [0.2, 0.25) is 5.91 Å². The first kappa shape index (κ1) is 28.7. The normalized spacial score (nSPS) is 27.6. The van der Waals surface area contributed by atoms with Crippen LogP contribution < -0.4 is 11.0 Å². The van der Waals surface area contributed by atoms with Gasteiger partial charge in [0.05, 0.1) is 18.8 Å². The lowest BCUT2D eigenvalue weighted by molar-refractivity contribution is -0.114. The predicted octanol–water partition coefficient (Wildman–Crippen LogP) is 4.20. The highest BCUT2D eigenvalue weighted by Gasteiger charge is 2.62. The molecular weight excluding hydrogens is 496 g/mol. The molecule has 3 heterocycles. The first-order chi connectivity index (χ1) is 16.8. The molecule has 2 saturated heterocycles. The molecule has 0 aromatic carbocycles. The van der Waals surface area contributed by atoms with Crippen molar-refractivity contribution in [2.45, 2.75) is 103 Å². The van der Waals surface area contributed by atoms with Gasteiger partial charge in [-0.05, 0) is 28.2 Å². The minimum Gasteiger partial charge on any atom is -0.414 e. The number of ether oxygens (including phenoxy) is 1. The number of carbonyl (C=O) groups is 1.